The minimum absolute atomic E-state index is 0.0857. The van der Waals surface area contributed by atoms with E-state index >= 15 is 0 Å². The summed E-state index contributed by atoms with van der Waals surface area (Å²) < 4.78 is 57.0. The van der Waals surface area contributed by atoms with Crippen molar-refractivity contribution in [3.05, 3.63) is 35.1 Å². The van der Waals surface area contributed by atoms with Crippen LogP contribution in [0.2, 0.25) is 0 Å². The van der Waals surface area contributed by atoms with Gasteiger partial charge >= 0.3 is 5.97 Å². The van der Waals surface area contributed by atoms with Gasteiger partial charge in [-0.1, -0.05) is 25.4 Å². The molecule has 0 aromatic rings. The number of esters is 1. The van der Waals surface area contributed by atoms with E-state index in [4.69, 9.17) is 14.3 Å². The zero-order valence-electron chi connectivity index (χ0n) is 14.5. The number of hydrogen-bond acceptors (Lipinski definition) is 2. The van der Waals surface area contributed by atoms with E-state index in [2.05, 4.69) is 0 Å². The van der Waals surface area contributed by atoms with Crippen LogP contribution in [-0.4, -0.2) is 5.97 Å². The first-order valence-electron chi connectivity index (χ1n) is 7.82. The first-order chi connectivity index (χ1) is 9.47. The Balaban J connectivity index is 2.42. The average molecular weight is 197 g/mol. The Morgan fingerprint density at radius 1 is 1.79 bits per heavy atom. The third kappa shape index (κ3) is 1.52. The fourth-order valence-corrected chi connectivity index (χ4v) is 1.55. The molecule has 0 aromatic heterocycles. The van der Waals surface area contributed by atoms with E-state index in [1.54, 1.807) is 12.2 Å². The van der Waals surface area contributed by atoms with Crippen molar-refractivity contribution in [2.24, 2.45) is 0 Å². The second kappa shape index (κ2) is 3.82. The second-order valence-electron chi connectivity index (χ2n) is 3.00. The minimum atomic E-state index is -3.14. The van der Waals surface area contributed by atoms with Crippen molar-refractivity contribution < 1.29 is 19.1 Å². The number of rotatable bonds is 2. The first kappa shape index (κ1) is 4.05. The Bertz CT molecular complexity index is 567. The molecule has 2 nitrogen and oxygen atoms in total. The van der Waals surface area contributed by atoms with Gasteiger partial charge in [-0.05, 0) is 25.3 Å². The zero-order chi connectivity index (χ0) is 16.1. The Morgan fingerprint density at radius 3 is 3.57 bits per heavy atom. The number of carbonyl (C=O) groups is 1. The summed E-state index contributed by atoms with van der Waals surface area (Å²) in [7, 11) is 0. The molecule has 14 heavy (non-hydrogen) atoms. The Kier molecular flexibility index (Phi) is 1.11. The largest absolute Gasteiger partial charge is 0.423 e. The normalized spacial score (nSPS) is 33.3. The molecule has 74 valence electrons. The maximum absolute atomic E-state index is 11.7. The molecule has 0 unspecified atom stereocenters. The van der Waals surface area contributed by atoms with Crippen LogP contribution in [0, 0.1) is 0 Å². The Hall–Kier alpha value is -1.31. The van der Waals surface area contributed by atoms with Gasteiger partial charge in [0.2, 0.25) is 0 Å². The Labute approximate surface area is 93.8 Å². The van der Waals surface area contributed by atoms with Crippen LogP contribution in [0.5, 0.6) is 0 Å². The lowest BCUT2D eigenvalue weighted by Crippen LogP contribution is -1.97. The van der Waals surface area contributed by atoms with Crippen LogP contribution in [-0.2, 0) is 9.53 Å². The van der Waals surface area contributed by atoms with Crippen molar-refractivity contribution in [3.63, 3.8) is 0 Å². The van der Waals surface area contributed by atoms with Gasteiger partial charge in [-0.15, -0.1) is 0 Å². The van der Waals surface area contributed by atoms with Gasteiger partial charge in [0.1, 0.15) is 5.76 Å². The van der Waals surface area contributed by atoms with Crippen molar-refractivity contribution in [1.82, 2.24) is 0 Å². The highest BCUT2D eigenvalue weighted by atomic mass is 16.5. The van der Waals surface area contributed by atoms with Gasteiger partial charge in [-0.25, -0.2) is 4.79 Å². The predicted octanol–water partition coefficient (Wildman–Crippen LogP) is 2.87. The molecular weight excluding hydrogens is 176 g/mol. The molecule has 0 aromatic carbocycles. The van der Waals surface area contributed by atoms with Crippen molar-refractivity contribution in [2.75, 3.05) is 0 Å². The molecule has 0 amide bonds. The molecule has 1 aliphatic carbocycles. The lowest BCUT2D eigenvalue weighted by atomic mass is 9.97. The fourth-order valence-electron chi connectivity index (χ4n) is 1.55. The summed E-state index contributed by atoms with van der Waals surface area (Å²) in [5.74, 6) is -0.713. The molecule has 0 N–H and O–H groups in total. The van der Waals surface area contributed by atoms with Crippen molar-refractivity contribution in [1.29, 1.82) is 0 Å². The van der Waals surface area contributed by atoms with Gasteiger partial charge in [0.25, 0.3) is 0 Å². The third-order valence-corrected chi connectivity index (χ3v) is 2.17. The van der Waals surface area contributed by atoms with Crippen LogP contribution in [0.4, 0.5) is 0 Å². The average Bonchev–Trinajstić information content (AvgIpc) is 2.65. The molecule has 2 aliphatic rings. The summed E-state index contributed by atoms with van der Waals surface area (Å²) >= 11 is 0. The van der Waals surface area contributed by atoms with Crippen molar-refractivity contribution in [3.8, 4) is 0 Å². The monoisotopic (exact) mass is 197 g/mol. The minimum Gasteiger partial charge on any atom is -0.423 e. The molecule has 2 heteroatoms. The Morgan fingerprint density at radius 2 is 2.71 bits per heavy atom. The molecular formula is C12H14O2. The summed E-state index contributed by atoms with van der Waals surface area (Å²) in [4.78, 5) is 11.7. The summed E-state index contributed by atoms with van der Waals surface area (Å²) in [5.41, 5.74) is 0.811. The fraction of sp³-hybridized carbons (Fsp3) is 0.417. The van der Waals surface area contributed by atoms with E-state index in [9.17, 15) is 4.79 Å². The summed E-state index contributed by atoms with van der Waals surface area (Å²) in [6.45, 7) is -3.14. The number of hydrogen-bond donors (Lipinski definition) is 0. The van der Waals surface area contributed by atoms with Crippen LogP contribution in [0.25, 0.3) is 0 Å². The highest BCUT2D eigenvalue weighted by molar-refractivity contribution is 5.97. The molecule has 0 spiro atoms. The van der Waals surface area contributed by atoms with E-state index < -0.39 is 25.6 Å². The van der Waals surface area contributed by atoms with E-state index in [1.807, 2.05) is 0 Å². The van der Waals surface area contributed by atoms with Gasteiger partial charge in [0.05, 0.1) is 5.57 Å². The highest BCUT2D eigenvalue weighted by Crippen LogP contribution is 2.33. The first-order valence-corrected chi connectivity index (χ1v) is 4.32. The molecule has 0 radical (unpaired) electrons. The van der Waals surface area contributed by atoms with Crippen LogP contribution < -0.4 is 0 Å². The molecule has 0 saturated heterocycles. The number of ether oxygens (including phenoxy) is 1. The number of cyclic esters (lactones) is 1. The van der Waals surface area contributed by atoms with Gasteiger partial charge in [0.15, 0.2) is 0 Å². The second-order valence-corrected chi connectivity index (χ2v) is 3.00. The van der Waals surface area contributed by atoms with Crippen molar-refractivity contribution in [2.45, 2.75) is 32.4 Å². The standard InChI is InChI=1S/C12H14O2/c1-2-3-8-11-9-6-4-5-7-10(9)12(13)14-11/h5,7-8H,2-4,6H2,1H3/b11-8-/i1D3,2D2,3D2. The van der Waals surface area contributed by atoms with E-state index in [1.165, 1.54) is 0 Å². The maximum Gasteiger partial charge on any atom is 0.343 e. The highest BCUT2D eigenvalue weighted by Gasteiger charge is 2.28. The van der Waals surface area contributed by atoms with Gasteiger partial charge < -0.3 is 4.74 Å². The SMILES string of the molecule is [2H]C([2H])([2H])C([2H])([2H])C([2H])([2H])/C=C1\OC(=O)C2=C1CCC=C2. The topological polar surface area (TPSA) is 26.3 Å². The van der Waals surface area contributed by atoms with E-state index in [0.29, 0.717) is 24.0 Å². The van der Waals surface area contributed by atoms with E-state index in [-0.39, 0.29) is 5.76 Å². The molecule has 1 aliphatic heterocycles. The van der Waals surface area contributed by atoms with Crippen LogP contribution in [0.15, 0.2) is 35.1 Å². The molecule has 0 saturated carbocycles. The van der Waals surface area contributed by atoms with Crippen LogP contribution >= 0.6 is 0 Å². The summed E-state index contributed by atoms with van der Waals surface area (Å²) in [6, 6.07) is 0. The lowest BCUT2D eigenvalue weighted by molar-refractivity contribution is -0.132. The smallest absolute Gasteiger partial charge is 0.343 e. The van der Waals surface area contributed by atoms with Crippen LogP contribution in [0.1, 0.15) is 42.0 Å². The number of allylic oxidation sites excluding steroid dienone is 3. The summed E-state index contributed by atoms with van der Waals surface area (Å²) in [6.07, 6.45) is -0.656. The van der Waals surface area contributed by atoms with Crippen molar-refractivity contribution >= 4 is 5.97 Å². The molecule has 2 rings (SSSR count). The molecule has 0 atom stereocenters. The van der Waals surface area contributed by atoms with Gasteiger partial charge in [-0.3, -0.25) is 0 Å². The van der Waals surface area contributed by atoms with Gasteiger partial charge in [0, 0.05) is 15.2 Å². The molecule has 0 bridgehead atoms. The summed E-state index contributed by atoms with van der Waals surface area (Å²) in [5, 5.41) is 0. The number of carbonyl (C=O) groups excluding carboxylic acids is 1. The molecule has 1 heterocycles. The van der Waals surface area contributed by atoms with E-state index in [0.717, 1.165) is 6.08 Å². The molecule has 0 fully saturated rings. The predicted molar refractivity (Wildman–Crippen MR) is 54.5 cm³/mol. The maximum atomic E-state index is 11.7. The van der Waals surface area contributed by atoms with Gasteiger partial charge in [-0.2, -0.15) is 0 Å². The lowest BCUT2D eigenvalue weighted by Gasteiger charge is -2.05. The van der Waals surface area contributed by atoms with Crippen LogP contribution in [0.3, 0.4) is 0 Å². The third-order valence-electron chi connectivity index (χ3n) is 2.17. The zero-order valence-corrected chi connectivity index (χ0v) is 7.46. The quantitative estimate of drug-likeness (QED) is 0.636.